The number of benzene rings is 2. The number of fused-ring (bicyclic) bond motifs is 1. The second kappa shape index (κ2) is 12.0. The predicted molar refractivity (Wildman–Crippen MR) is 183 cm³/mol. The fourth-order valence-electron chi connectivity index (χ4n) is 5.30. The molecule has 1 unspecified atom stereocenters. The molecule has 2 atom stereocenters. The highest BCUT2D eigenvalue weighted by Crippen LogP contribution is 2.51. The van der Waals surface area contributed by atoms with Crippen LogP contribution < -0.4 is 21.6 Å². The van der Waals surface area contributed by atoms with Gasteiger partial charge < -0.3 is 16.1 Å². The molecule has 0 bridgehead atoms. The van der Waals surface area contributed by atoms with E-state index in [-0.39, 0.29) is 10.6 Å². The highest BCUT2D eigenvalue weighted by molar-refractivity contribution is 6.67. The lowest BCUT2D eigenvalue weighted by Crippen LogP contribution is -2.45. The van der Waals surface area contributed by atoms with Crippen LogP contribution in [-0.4, -0.2) is 68.1 Å². The maximum Gasteiger partial charge on any atom is 0.212 e. The molecule has 3 heterocycles. The zero-order chi connectivity index (χ0) is 32.9. The molecule has 2 aliphatic rings. The van der Waals surface area contributed by atoms with Crippen molar-refractivity contribution in [2.75, 3.05) is 10.6 Å². The van der Waals surface area contributed by atoms with Crippen molar-refractivity contribution in [3.8, 4) is 6.07 Å². The van der Waals surface area contributed by atoms with E-state index < -0.39 is 27.8 Å². The molecule has 2 aromatic carbocycles. The summed E-state index contributed by atoms with van der Waals surface area (Å²) in [7, 11) is 38.3. The molecule has 214 valence electrons. The smallest absolute Gasteiger partial charge is 0.212 e. The second-order valence-corrected chi connectivity index (χ2v) is 12.0. The summed E-state index contributed by atoms with van der Waals surface area (Å²) in [5, 5.41) is 15.4. The van der Waals surface area contributed by atoms with E-state index in [4.69, 9.17) is 58.7 Å². The molecule has 2 aromatic heterocycles. The number of nitriles is 1. The van der Waals surface area contributed by atoms with Gasteiger partial charge in [0.25, 0.3) is 0 Å². The molecule has 8 nitrogen and oxygen atoms in total. The zero-order valence-corrected chi connectivity index (χ0v) is 25.3. The van der Waals surface area contributed by atoms with E-state index >= 15 is 0 Å². The van der Waals surface area contributed by atoms with Crippen molar-refractivity contribution < 1.29 is 4.39 Å². The zero-order valence-electron chi connectivity index (χ0n) is 24.5. The van der Waals surface area contributed by atoms with Gasteiger partial charge in [-0.1, -0.05) is 53.2 Å². The summed E-state index contributed by atoms with van der Waals surface area (Å²) in [4.78, 5) is 8.26. The molecule has 4 aromatic rings. The fourth-order valence-corrected chi connectivity index (χ4v) is 5.57. The number of halogens is 2. The molecule has 12 radical (unpaired) electrons. The molecule has 1 aliphatic carbocycles. The summed E-state index contributed by atoms with van der Waals surface area (Å²) in [5.74, 6) is -0.655. The minimum Gasteiger partial charge on any atom is -0.378 e. The van der Waals surface area contributed by atoms with Crippen LogP contribution in [-0.2, 0) is 5.44 Å². The van der Waals surface area contributed by atoms with Crippen LogP contribution in [0.1, 0.15) is 35.6 Å². The highest BCUT2D eigenvalue weighted by Gasteiger charge is 2.40. The average Bonchev–Trinajstić information content (AvgIpc) is 3.75. The van der Waals surface area contributed by atoms with Gasteiger partial charge in [-0.05, 0) is 42.2 Å². The Morgan fingerprint density at radius 1 is 1.02 bits per heavy atom. The first-order valence-electron chi connectivity index (χ1n) is 14.3. The Morgan fingerprint density at radius 2 is 1.76 bits per heavy atom. The van der Waals surface area contributed by atoms with Gasteiger partial charge in [0, 0.05) is 65.3 Å². The van der Waals surface area contributed by atoms with Crippen molar-refractivity contribution in [1.82, 2.24) is 25.9 Å². The molecule has 16 heteroatoms. The first kappa shape index (κ1) is 32.0. The molecular weight excluding hydrogens is 592 g/mol. The van der Waals surface area contributed by atoms with Crippen molar-refractivity contribution in [1.29, 1.82) is 5.26 Å². The third-order valence-corrected chi connectivity index (χ3v) is 8.46. The van der Waals surface area contributed by atoms with Gasteiger partial charge >= 0.3 is 0 Å². The van der Waals surface area contributed by atoms with Crippen LogP contribution in [0, 0.1) is 17.3 Å². The van der Waals surface area contributed by atoms with Gasteiger partial charge in [-0.2, -0.15) is 9.65 Å². The SMILES string of the molecule is [B]C(Nc1cc(Cl)c2ncc(C#N)c(N[C@@H](c3ccccc3)C([B])([B])C([B])([B])[B])c2c1)(C1=CN(C2CC2)NN1)c1ccc(F)nc1. The van der Waals surface area contributed by atoms with E-state index in [2.05, 4.69) is 37.6 Å². The number of nitrogens with one attached hydrogen (secondary N) is 4. The third kappa shape index (κ3) is 5.96. The van der Waals surface area contributed by atoms with Crippen molar-refractivity contribution in [3.63, 3.8) is 0 Å². The van der Waals surface area contributed by atoms with Crippen LogP contribution in [0.4, 0.5) is 15.8 Å². The molecule has 1 fully saturated rings. The lowest BCUT2D eigenvalue weighted by Gasteiger charge is -2.48. The van der Waals surface area contributed by atoms with Crippen LogP contribution in [0.5, 0.6) is 0 Å². The Bertz CT molecular complexity index is 1850. The van der Waals surface area contributed by atoms with Gasteiger partial charge in [0.15, 0.2) is 0 Å². The van der Waals surface area contributed by atoms with E-state index in [0.29, 0.717) is 45.1 Å². The molecule has 46 heavy (non-hydrogen) atoms. The molecule has 0 saturated heterocycles. The first-order chi connectivity index (χ1) is 21.8. The summed E-state index contributed by atoms with van der Waals surface area (Å²) in [6, 6.07) is 16.5. The maximum atomic E-state index is 13.9. The molecule has 0 spiro atoms. The van der Waals surface area contributed by atoms with Crippen LogP contribution in [0.3, 0.4) is 0 Å². The van der Waals surface area contributed by atoms with Gasteiger partial charge in [-0.3, -0.25) is 9.99 Å². The lowest BCUT2D eigenvalue weighted by atomic mass is 9.21. The number of hydrazine groups is 2. The Morgan fingerprint density at radius 3 is 2.39 bits per heavy atom. The van der Waals surface area contributed by atoms with E-state index in [0.717, 1.165) is 12.8 Å². The number of hydrogen-bond donors (Lipinski definition) is 4. The quantitative estimate of drug-likeness (QED) is 0.160. The Hall–Kier alpha value is -4.00. The second-order valence-electron chi connectivity index (χ2n) is 11.6. The van der Waals surface area contributed by atoms with Gasteiger partial charge in [0.1, 0.15) is 13.9 Å². The van der Waals surface area contributed by atoms with Crippen molar-refractivity contribution in [2.24, 2.45) is 0 Å². The minimum absolute atomic E-state index is 0.153. The van der Waals surface area contributed by atoms with Crippen LogP contribution in [0.25, 0.3) is 10.9 Å². The lowest BCUT2D eigenvalue weighted by molar-refractivity contribution is 0.260. The van der Waals surface area contributed by atoms with E-state index in [1.807, 2.05) is 17.3 Å². The Labute approximate surface area is 279 Å². The summed E-state index contributed by atoms with van der Waals surface area (Å²) < 4.78 is 13.9. The normalized spacial score (nSPS) is 17.0. The van der Waals surface area contributed by atoms with Gasteiger partial charge in [-0.25, -0.2) is 4.98 Å². The van der Waals surface area contributed by atoms with Crippen molar-refractivity contribution in [3.05, 3.63) is 107 Å². The number of anilines is 2. The molecule has 6 rings (SSSR count). The summed E-state index contributed by atoms with van der Waals surface area (Å²) >= 11 is 6.80. The fraction of sp³-hybridized carbons (Fsp3) is 0.233. The predicted octanol–water partition coefficient (Wildman–Crippen LogP) is 3.24. The number of rotatable bonds is 10. The summed E-state index contributed by atoms with van der Waals surface area (Å²) in [5.41, 5.74) is 7.63. The van der Waals surface area contributed by atoms with Crippen LogP contribution in [0.15, 0.2) is 78.9 Å². The van der Waals surface area contributed by atoms with Crippen molar-refractivity contribution in [2.45, 2.75) is 40.7 Å². The molecule has 1 aliphatic heterocycles. The monoisotopic (exact) mass is 614 g/mol. The molecule has 4 N–H and O–H groups in total. The van der Waals surface area contributed by atoms with E-state index in [1.54, 1.807) is 36.4 Å². The molecule has 1 saturated carbocycles. The van der Waals surface area contributed by atoms with E-state index in [9.17, 15) is 9.65 Å². The maximum absolute atomic E-state index is 13.9. The van der Waals surface area contributed by atoms with Crippen molar-refractivity contribution >= 4 is 81.0 Å². The Balaban J connectivity index is 1.48. The third-order valence-electron chi connectivity index (χ3n) is 8.17. The van der Waals surface area contributed by atoms with Crippen LogP contribution in [0.2, 0.25) is 15.3 Å². The van der Waals surface area contributed by atoms with Gasteiger partial charge in [-0.15, -0.1) is 10.6 Å². The summed E-state index contributed by atoms with van der Waals surface area (Å²) in [6.07, 6.45) is 6.64. The average molecular weight is 614 g/mol. The van der Waals surface area contributed by atoms with Crippen LogP contribution >= 0.6 is 11.6 Å². The van der Waals surface area contributed by atoms with Gasteiger partial charge in [0.05, 0.1) is 48.6 Å². The van der Waals surface area contributed by atoms with Gasteiger partial charge in [0.2, 0.25) is 5.95 Å². The number of pyridine rings is 2. The molecule has 0 amide bonds. The summed E-state index contributed by atoms with van der Waals surface area (Å²) in [6.45, 7) is 0. The molecular formula is C30H22B6ClFN8. The number of hydrogen-bond acceptors (Lipinski definition) is 8. The minimum atomic E-state index is -2.05. The number of aromatic nitrogens is 2. The highest BCUT2D eigenvalue weighted by atomic mass is 35.5. The number of nitrogens with zero attached hydrogens (tertiary/aromatic N) is 4. The standard InChI is InChI=1S/C30H22B6ClFN8/c31-28(18-6-9-24(38)40-14-18,23-15-46(45-44-23)20-7-8-20)43-19-10-21-25(17(12-39)13-41-26(21)22(37)11-19)42-27(16-4-2-1-3-5-16)29(32,33)30(34,35)36/h1-6,9-11,13-15,20,27,43-45H,7-8H2,(H,41,42)/t27-,28?/m0/s1. The Kier molecular flexibility index (Phi) is 8.32. The van der Waals surface area contributed by atoms with E-state index in [1.165, 1.54) is 24.5 Å². The topological polar surface area (TPSA) is 101 Å². The largest absolute Gasteiger partial charge is 0.378 e. The first-order valence-corrected chi connectivity index (χ1v) is 14.7.